The highest BCUT2D eigenvalue weighted by Crippen LogP contribution is 2.09. The lowest BCUT2D eigenvalue weighted by molar-refractivity contribution is -0.144. The molecule has 0 aromatic carbocycles. The van der Waals surface area contributed by atoms with Crippen LogP contribution in [0.15, 0.2) is 0 Å². The third-order valence-electron chi connectivity index (χ3n) is 1.50. The van der Waals surface area contributed by atoms with E-state index in [2.05, 4.69) is 4.74 Å². The van der Waals surface area contributed by atoms with Gasteiger partial charge in [-0.3, -0.25) is 9.59 Å². The van der Waals surface area contributed by atoms with Crippen LogP contribution < -0.4 is 0 Å². The van der Waals surface area contributed by atoms with Crippen LogP contribution in [0.5, 0.6) is 0 Å². The van der Waals surface area contributed by atoms with E-state index in [1.165, 1.54) is 18.9 Å². The minimum atomic E-state index is -0.249. The maximum atomic E-state index is 11.0. The molecule has 0 radical (unpaired) electrons. The number of hydrogen-bond donors (Lipinski definition) is 0. The molecule has 0 aliphatic carbocycles. The smallest absolute Gasteiger partial charge is 0.315 e. The Morgan fingerprint density at radius 1 is 1.43 bits per heavy atom. The molecule has 14 heavy (non-hydrogen) atoms. The highest BCUT2D eigenvalue weighted by molar-refractivity contribution is 7.99. The van der Waals surface area contributed by atoms with Crippen LogP contribution in [-0.2, 0) is 19.1 Å². The molecule has 0 saturated carbocycles. The molecular weight excluding hydrogens is 204 g/mol. The summed E-state index contributed by atoms with van der Waals surface area (Å²) in [6.07, 6.45) is 0. The molecule has 4 nitrogen and oxygen atoms in total. The number of carbonyl (C=O) groups excluding carboxylic acids is 2. The summed E-state index contributed by atoms with van der Waals surface area (Å²) in [6.45, 7) is 3.93. The van der Waals surface area contributed by atoms with E-state index in [-0.39, 0.29) is 23.6 Å². The zero-order chi connectivity index (χ0) is 11.0. The van der Waals surface area contributed by atoms with Crippen molar-refractivity contribution in [3.8, 4) is 0 Å². The first-order chi connectivity index (χ1) is 6.61. The Labute approximate surface area is 88.3 Å². The average molecular weight is 220 g/mol. The summed E-state index contributed by atoms with van der Waals surface area (Å²) in [6, 6.07) is 0. The zero-order valence-electron chi connectivity index (χ0n) is 8.74. The summed E-state index contributed by atoms with van der Waals surface area (Å²) < 4.78 is 9.28. The molecule has 0 N–H and O–H groups in total. The van der Waals surface area contributed by atoms with Gasteiger partial charge < -0.3 is 9.47 Å². The summed E-state index contributed by atoms with van der Waals surface area (Å²) in [5.74, 6) is 0.191. The van der Waals surface area contributed by atoms with Crippen molar-refractivity contribution >= 4 is 23.7 Å². The van der Waals surface area contributed by atoms with Crippen LogP contribution in [0.2, 0.25) is 0 Å². The predicted octanol–water partition coefficient (Wildman–Crippen LogP) is 1.09. The van der Waals surface area contributed by atoms with Crippen LogP contribution in [0.25, 0.3) is 0 Å². The summed E-state index contributed by atoms with van der Waals surface area (Å²) in [4.78, 5) is 21.9. The lowest BCUT2D eigenvalue weighted by Crippen LogP contribution is -2.16. The Morgan fingerprint density at radius 2 is 2.07 bits per heavy atom. The Balaban J connectivity index is 3.53. The normalized spacial score (nSPS) is 11.9. The van der Waals surface area contributed by atoms with Gasteiger partial charge in [0.25, 0.3) is 0 Å². The van der Waals surface area contributed by atoms with Gasteiger partial charge in [0.2, 0.25) is 0 Å². The van der Waals surface area contributed by atoms with Crippen LogP contribution >= 0.6 is 11.8 Å². The molecule has 0 bridgehead atoms. The van der Waals surface area contributed by atoms with Crippen molar-refractivity contribution in [3.05, 3.63) is 0 Å². The van der Waals surface area contributed by atoms with Crippen LogP contribution in [0.1, 0.15) is 13.8 Å². The van der Waals surface area contributed by atoms with E-state index >= 15 is 0 Å². The van der Waals surface area contributed by atoms with Gasteiger partial charge in [-0.1, -0.05) is 6.92 Å². The number of carbonyl (C=O) groups is 2. The van der Waals surface area contributed by atoms with E-state index in [0.717, 1.165) is 0 Å². The lowest BCUT2D eigenvalue weighted by Gasteiger charge is -2.07. The number of rotatable bonds is 6. The fraction of sp³-hybridized carbons (Fsp3) is 0.778. The molecule has 0 aliphatic heterocycles. The first-order valence-electron chi connectivity index (χ1n) is 4.43. The van der Waals surface area contributed by atoms with Crippen LogP contribution in [0, 0.1) is 5.92 Å². The first kappa shape index (κ1) is 13.3. The third-order valence-corrected chi connectivity index (χ3v) is 2.67. The number of thioether (sulfide) groups is 1. The van der Waals surface area contributed by atoms with Crippen molar-refractivity contribution in [3.63, 3.8) is 0 Å². The van der Waals surface area contributed by atoms with Gasteiger partial charge in [0.1, 0.15) is 0 Å². The zero-order valence-corrected chi connectivity index (χ0v) is 9.56. The van der Waals surface area contributed by atoms with Crippen molar-refractivity contribution in [2.24, 2.45) is 5.92 Å². The van der Waals surface area contributed by atoms with Crippen molar-refractivity contribution in [2.45, 2.75) is 13.8 Å². The Hall–Kier alpha value is -0.710. The Morgan fingerprint density at radius 3 is 2.57 bits per heavy atom. The van der Waals surface area contributed by atoms with Gasteiger partial charge in [0.15, 0.2) is 0 Å². The van der Waals surface area contributed by atoms with Gasteiger partial charge in [-0.2, -0.15) is 0 Å². The lowest BCUT2D eigenvalue weighted by atomic mass is 10.2. The first-order valence-corrected chi connectivity index (χ1v) is 5.58. The van der Waals surface area contributed by atoms with Gasteiger partial charge in [0.05, 0.1) is 25.4 Å². The molecule has 0 heterocycles. The molecule has 0 fully saturated rings. The fourth-order valence-electron chi connectivity index (χ4n) is 0.791. The summed E-state index contributed by atoms with van der Waals surface area (Å²) in [7, 11) is 1.36. The summed E-state index contributed by atoms with van der Waals surface area (Å²) >= 11 is 1.38. The Bertz CT molecular complexity index is 193. The molecule has 0 unspecified atom stereocenters. The monoisotopic (exact) mass is 220 g/mol. The number of esters is 2. The SMILES string of the molecule is CCOC(=O)CSC[C@H](C)C(=O)OC. The molecule has 0 spiro atoms. The van der Waals surface area contributed by atoms with Gasteiger partial charge in [-0.05, 0) is 6.92 Å². The number of ether oxygens (including phenoxy) is 2. The van der Waals surface area contributed by atoms with Crippen molar-refractivity contribution in [1.82, 2.24) is 0 Å². The molecule has 0 aliphatic rings. The molecule has 0 aromatic heterocycles. The van der Waals surface area contributed by atoms with Crippen LogP contribution in [0.3, 0.4) is 0 Å². The average Bonchev–Trinajstić information content (AvgIpc) is 2.16. The molecule has 0 amide bonds. The van der Waals surface area contributed by atoms with E-state index in [1.807, 2.05) is 0 Å². The molecule has 0 saturated heterocycles. The quantitative estimate of drug-likeness (QED) is 0.627. The molecule has 0 rings (SSSR count). The largest absolute Gasteiger partial charge is 0.469 e. The van der Waals surface area contributed by atoms with Crippen LogP contribution in [-0.4, -0.2) is 37.2 Å². The molecule has 82 valence electrons. The molecule has 5 heteroatoms. The highest BCUT2D eigenvalue weighted by atomic mass is 32.2. The summed E-state index contributed by atoms with van der Waals surface area (Å²) in [5.41, 5.74) is 0. The topological polar surface area (TPSA) is 52.6 Å². The van der Waals surface area contributed by atoms with E-state index in [1.54, 1.807) is 13.8 Å². The summed E-state index contributed by atoms with van der Waals surface area (Å²) in [5, 5.41) is 0. The maximum Gasteiger partial charge on any atom is 0.315 e. The van der Waals surface area contributed by atoms with Crippen molar-refractivity contribution < 1.29 is 19.1 Å². The van der Waals surface area contributed by atoms with Gasteiger partial charge >= 0.3 is 11.9 Å². The predicted molar refractivity (Wildman–Crippen MR) is 55.1 cm³/mol. The highest BCUT2D eigenvalue weighted by Gasteiger charge is 2.13. The minimum absolute atomic E-state index is 0.181. The van der Waals surface area contributed by atoms with Crippen molar-refractivity contribution in [1.29, 1.82) is 0 Å². The second kappa shape index (κ2) is 7.67. The van der Waals surface area contributed by atoms with Gasteiger partial charge in [0, 0.05) is 5.75 Å². The molecular formula is C9H16O4S. The van der Waals surface area contributed by atoms with Crippen molar-refractivity contribution in [2.75, 3.05) is 25.2 Å². The third kappa shape index (κ3) is 5.85. The van der Waals surface area contributed by atoms with Gasteiger partial charge in [-0.15, -0.1) is 11.8 Å². The van der Waals surface area contributed by atoms with Gasteiger partial charge in [-0.25, -0.2) is 0 Å². The fourth-order valence-corrected chi connectivity index (χ4v) is 1.65. The minimum Gasteiger partial charge on any atom is -0.469 e. The second-order valence-electron chi connectivity index (χ2n) is 2.74. The standard InChI is InChI=1S/C9H16O4S/c1-4-13-8(10)6-14-5-7(2)9(11)12-3/h7H,4-6H2,1-3H3/t7-/m0/s1. The number of hydrogen-bond acceptors (Lipinski definition) is 5. The van der Waals surface area contributed by atoms with E-state index < -0.39 is 0 Å². The van der Waals surface area contributed by atoms with E-state index in [4.69, 9.17) is 4.74 Å². The van der Waals surface area contributed by atoms with E-state index in [9.17, 15) is 9.59 Å². The van der Waals surface area contributed by atoms with Crippen LogP contribution in [0.4, 0.5) is 0 Å². The second-order valence-corrected chi connectivity index (χ2v) is 3.77. The Kier molecular flexibility index (Phi) is 7.28. The van der Waals surface area contributed by atoms with E-state index in [0.29, 0.717) is 12.4 Å². The maximum absolute atomic E-state index is 11.0. The molecule has 1 atom stereocenters. The molecule has 0 aromatic rings. The number of methoxy groups -OCH3 is 1.